The van der Waals surface area contributed by atoms with E-state index in [-0.39, 0.29) is 17.9 Å². The van der Waals surface area contributed by atoms with E-state index in [1.165, 1.54) is 24.3 Å². The number of rotatable bonds is 8. The van der Waals surface area contributed by atoms with Crippen LogP contribution < -0.4 is 10.6 Å². The molecule has 0 spiro atoms. The molecule has 0 aliphatic carbocycles. The zero-order valence-corrected chi connectivity index (χ0v) is 17.8. The normalized spacial score (nSPS) is 23.5. The number of methoxy groups -OCH3 is 1. The van der Waals surface area contributed by atoms with Crippen LogP contribution in [0, 0.1) is 0 Å². The molecule has 0 radical (unpaired) electrons. The highest BCUT2D eigenvalue weighted by molar-refractivity contribution is 7.96. The topological polar surface area (TPSA) is 133 Å². The second-order valence-corrected chi connectivity index (χ2v) is 10.9. The third-order valence-electron chi connectivity index (χ3n) is 4.83. The van der Waals surface area contributed by atoms with Crippen LogP contribution in [-0.2, 0) is 29.2 Å². The maximum absolute atomic E-state index is 13.2. The van der Waals surface area contributed by atoms with Gasteiger partial charge in [0.25, 0.3) is 4.87 Å². The Morgan fingerprint density at radius 3 is 2.36 bits per heavy atom. The molecule has 0 saturated carbocycles. The van der Waals surface area contributed by atoms with Crippen molar-refractivity contribution < 1.29 is 31.1 Å². The van der Waals surface area contributed by atoms with Gasteiger partial charge in [-0.15, -0.1) is 0 Å². The molecule has 2 rings (SSSR count). The first kappa shape index (κ1) is 22.6. The summed E-state index contributed by atoms with van der Waals surface area (Å²) in [5.74, 6) is 5.08. The molecule has 9 nitrogen and oxygen atoms in total. The fourth-order valence-electron chi connectivity index (χ4n) is 3.39. The van der Waals surface area contributed by atoms with Crippen molar-refractivity contribution >= 4 is 25.6 Å². The van der Waals surface area contributed by atoms with Gasteiger partial charge in [0, 0.05) is 12.8 Å². The lowest BCUT2D eigenvalue weighted by molar-refractivity contribution is -0.148. The first-order valence-electron chi connectivity index (χ1n) is 8.80. The first-order valence-corrected chi connectivity index (χ1v) is 12.2. The summed E-state index contributed by atoms with van der Waals surface area (Å²) in [4.78, 5) is 9.85. The molecule has 1 aliphatic rings. The van der Waals surface area contributed by atoms with Crippen LogP contribution in [-0.4, -0.2) is 64.5 Å². The van der Waals surface area contributed by atoms with Gasteiger partial charge in [-0.25, -0.2) is 26.6 Å². The quantitative estimate of drug-likeness (QED) is 0.353. The number of carbonyl (C=O) groups excluding carboxylic acids is 1. The summed E-state index contributed by atoms with van der Waals surface area (Å²) in [7, 11) is -7.49. The molecule has 1 aromatic carbocycles. The van der Waals surface area contributed by atoms with Crippen molar-refractivity contribution in [2.24, 2.45) is 5.84 Å². The zero-order valence-electron chi connectivity index (χ0n) is 16.1. The van der Waals surface area contributed by atoms with Gasteiger partial charge in [0.1, 0.15) is 11.0 Å². The van der Waals surface area contributed by atoms with Gasteiger partial charge < -0.3 is 9.47 Å². The molecule has 1 saturated heterocycles. The first-order chi connectivity index (χ1) is 13.0. The van der Waals surface area contributed by atoms with Crippen molar-refractivity contribution in [1.82, 2.24) is 5.01 Å². The van der Waals surface area contributed by atoms with Gasteiger partial charge in [0.2, 0.25) is 0 Å². The molecule has 0 amide bonds. The Morgan fingerprint density at radius 2 is 1.86 bits per heavy atom. The van der Waals surface area contributed by atoms with Gasteiger partial charge in [-0.2, -0.15) is 0 Å². The fourth-order valence-corrected chi connectivity index (χ4v) is 7.71. The molecule has 1 aromatic rings. The highest BCUT2D eigenvalue weighted by Crippen LogP contribution is 2.40. The van der Waals surface area contributed by atoms with Gasteiger partial charge in [-0.1, -0.05) is 13.3 Å². The van der Waals surface area contributed by atoms with E-state index >= 15 is 0 Å². The van der Waals surface area contributed by atoms with Crippen molar-refractivity contribution in [2.45, 2.75) is 41.2 Å². The lowest BCUT2D eigenvalue weighted by Crippen LogP contribution is -2.65. The smallest absolute Gasteiger partial charge is 0.344 e. The number of hydrazine groups is 1. The number of nitrogens with zero attached hydrogens (tertiary/aromatic N) is 1. The van der Waals surface area contributed by atoms with Crippen molar-refractivity contribution in [2.75, 3.05) is 26.5 Å². The van der Waals surface area contributed by atoms with Crippen LogP contribution in [0.5, 0.6) is 5.75 Å². The molecule has 158 valence electrons. The summed E-state index contributed by atoms with van der Waals surface area (Å²) in [6.45, 7) is 2.44. The maximum atomic E-state index is 13.2. The van der Waals surface area contributed by atoms with Crippen LogP contribution in [0.3, 0.4) is 0 Å². The van der Waals surface area contributed by atoms with Crippen molar-refractivity contribution in [1.29, 1.82) is 0 Å². The van der Waals surface area contributed by atoms with E-state index in [2.05, 4.69) is 4.74 Å². The molecule has 1 aliphatic heterocycles. The standard InChI is InChI=1S/C17H26N2O7S2/c1-4-5-12-26-13-6-8-14(9-7-13)28(23,24)15-10-11-19(18)17(15,16(20)25-2)27(3,21)22/h6-9,15H,4-5,10-12,18H2,1-3H3. The summed E-state index contributed by atoms with van der Waals surface area (Å²) >= 11 is 0. The fraction of sp³-hybridized carbons (Fsp3) is 0.588. The van der Waals surface area contributed by atoms with E-state index < -0.39 is 35.8 Å². The van der Waals surface area contributed by atoms with Crippen LogP contribution >= 0.6 is 0 Å². The summed E-state index contributed by atoms with van der Waals surface area (Å²) < 4.78 is 61.7. The van der Waals surface area contributed by atoms with E-state index in [9.17, 15) is 21.6 Å². The lowest BCUT2D eigenvalue weighted by atomic mass is 10.2. The van der Waals surface area contributed by atoms with Crippen LogP contribution in [0.4, 0.5) is 0 Å². The van der Waals surface area contributed by atoms with E-state index in [0.717, 1.165) is 31.2 Å². The number of hydrogen-bond acceptors (Lipinski definition) is 9. The minimum atomic E-state index is -4.27. The second kappa shape index (κ2) is 8.36. The van der Waals surface area contributed by atoms with E-state index in [1.54, 1.807) is 0 Å². The number of ether oxygens (including phenoxy) is 2. The number of carbonyl (C=O) groups is 1. The van der Waals surface area contributed by atoms with Gasteiger partial charge in [0.15, 0.2) is 19.7 Å². The van der Waals surface area contributed by atoms with Crippen molar-refractivity contribution in [3.63, 3.8) is 0 Å². The molecule has 0 aromatic heterocycles. The average molecular weight is 435 g/mol. The summed E-state index contributed by atoms with van der Waals surface area (Å²) in [6.07, 6.45) is 2.48. The van der Waals surface area contributed by atoms with Gasteiger partial charge in [0.05, 0.1) is 18.6 Å². The Bertz CT molecular complexity index is 913. The van der Waals surface area contributed by atoms with Crippen LogP contribution in [0.25, 0.3) is 0 Å². The van der Waals surface area contributed by atoms with Crippen LogP contribution in [0.15, 0.2) is 29.2 Å². The molecule has 2 unspecified atom stereocenters. The Labute approximate surface area is 165 Å². The molecule has 1 fully saturated rings. The predicted molar refractivity (Wildman–Crippen MR) is 103 cm³/mol. The van der Waals surface area contributed by atoms with Crippen LogP contribution in [0.1, 0.15) is 26.2 Å². The minimum absolute atomic E-state index is 0.0930. The Morgan fingerprint density at radius 1 is 1.25 bits per heavy atom. The van der Waals surface area contributed by atoms with Gasteiger partial charge in [-0.05, 0) is 37.1 Å². The van der Waals surface area contributed by atoms with Gasteiger partial charge in [-0.3, -0.25) is 5.84 Å². The molecule has 1 heterocycles. The maximum Gasteiger partial charge on any atom is 0.344 e. The highest BCUT2D eigenvalue weighted by atomic mass is 32.2. The number of sulfone groups is 2. The molecule has 0 bridgehead atoms. The molecule has 28 heavy (non-hydrogen) atoms. The molecular weight excluding hydrogens is 408 g/mol. The Balaban J connectivity index is 2.47. The third kappa shape index (κ3) is 3.76. The van der Waals surface area contributed by atoms with Gasteiger partial charge >= 0.3 is 5.97 Å². The lowest BCUT2D eigenvalue weighted by Gasteiger charge is -2.34. The monoisotopic (exact) mass is 434 g/mol. The Kier molecular flexibility index (Phi) is 6.74. The summed E-state index contributed by atoms with van der Waals surface area (Å²) in [6, 6.07) is 5.66. The molecular formula is C17H26N2O7S2. The van der Waals surface area contributed by atoms with Crippen molar-refractivity contribution in [3.05, 3.63) is 24.3 Å². The summed E-state index contributed by atoms with van der Waals surface area (Å²) in [5.41, 5.74) is 0. The van der Waals surface area contributed by atoms with Crippen molar-refractivity contribution in [3.8, 4) is 5.75 Å². The van der Waals surface area contributed by atoms with Crippen LogP contribution in [0.2, 0.25) is 0 Å². The summed E-state index contributed by atoms with van der Waals surface area (Å²) in [5, 5.41) is -0.849. The number of hydrogen-bond donors (Lipinski definition) is 1. The number of nitrogens with two attached hydrogens (primary N) is 1. The molecule has 11 heteroatoms. The number of esters is 1. The largest absolute Gasteiger partial charge is 0.494 e. The predicted octanol–water partition coefficient (Wildman–Crippen LogP) is 0.501. The second-order valence-electron chi connectivity index (χ2n) is 6.65. The molecule has 2 atom stereocenters. The number of benzene rings is 1. The zero-order chi connectivity index (χ0) is 21.2. The van der Waals surface area contributed by atoms with E-state index in [0.29, 0.717) is 12.4 Å². The average Bonchev–Trinajstić information content (AvgIpc) is 3.00. The van der Waals surface area contributed by atoms with E-state index in [1.807, 2.05) is 6.92 Å². The minimum Gasteiger partial charge on any atom is -0.494 e. The third-order valence-corrected chi connectivity index (χ3v) is 9.05. The number of unbranched alkanes of at least 4 members (excludes halogenated alkanes) is 1. The van der Waals surface area contributed by atoms with E-state index in [4.69, 9.17) is 10.6 Å². The highest BCUT2D eigenvalue weighted by Gasteiger charge is 2.66. The molecule has 2 N–H and O–H groups in total. The Hall–Kier alpha value is -1.69. The SMILES string of the molecule is CCCCOc1ccc(S(=O)(=O)C2CCN(N)C2(C(=O)OC)S(C)(=O)=O)cc1.